The van der Waals surface area contributed by atoms with Gasteiger partial charge in [-0.25, -0.2) is 0 Å². The average Bonchev–Trinajstić information content (AvgIpc) is 3.29. The summed E-state index contributed by atoms with van der Waals surface area (Å²) in [6.45, 7) is 2.27. The molecule has 0 aliphatic carbocycles. The van der Waals surface area contributed by atoms with Crippen molar-refractivity contribution in [2.24, 2.45) is 0 Å². The molecular formula is C28H29N3O3. The van der Waals surface area contributed by atoms with Crippen molar-refractivity contribution >= 4 is 22.7 Å². The van der Waals surface area contributed by atoms with E-state index in [4.69, 9.17) is 4.74 Å². The van der Waals surface area contributed by atoms with Crippen molar-refractivity contribution < 1.29 is 14.3 Å². The molecule has 4 aromatic rings. The molecule has 4 rings (SSSR count). The number of fused-ring (bicyclic) bond motifs is 1. The molecule has 174 valence electrons. The second kappa shape index (κ2) is 10.7. The van der Waals surface area contributed by atoms with Crippen LogP contribution in [0.3, 0.4) is 0 Å². The lowest BCUT2D eigenvalue weighted by atomic mass is 9.90. The molecule has 3 N–H and O–H groups in total. The highest BCUT2D eigenvalue weighted by Crippen LogP contribution is 2.31. The summed E-state index contributed by atoms with van der Waals surface area (Å²) in [5, 5.41) is 7.09. The normalized spacial score (nSPS) is 12.6. The van der Waals surface area contributed by atoms with E-state index in [2.05, 4.69) is 21.7 Å². The number of benzene rings is 3. The van der Waals surface area contributed by atoms with Crippen LogP contribution in [0.4, 0.5) is 0 Å². The topological polar surface area (TPSA) is 83.2 Å². The van der Waals surface area contributed by atoms with Crippen LogP contribution < -0.4 is 15.4 Å². The highest BCUT2D eigenvalue weighted by Gasteiger charge is 2.20. The Morgan fingerprint density at radius 3 is 2.38 bits per heavy atom. The Hall–Kier alpha value is -4.06. The molecule has 0 saturated heterocycles. The van der Waals surface area contributed by atoms with Crippen LogP contribution in [0.15, 0.2) is 85.1 Å². The minimum absolute atomic E-state index is 0.0415. The molecule has 34 heavy (non-hydrogen) atoms. The number of hydrogen-bond acceptors (Lipinski definition) is 3. The van der Waals surface area contributed by atoms with E-state index in [9.17, 15) is 9.59 Å². The minimum Gasteiger partial charge on any atom is -0.497 e. The fourth-order valence-electron chi connectivity index (χ4n) is 4.14. The fraction of sp³-hybridized carbons (Fsp3) is 0.214. The Bertz CT molecular complexity index is 1250. The van der Waals surface area contributed by atoms with E-state index in [-0.39, 0.29) is 30.2 Å². The number of carbonyl (C=O) groups is 2. The summed E-state index contributed by atoms with van der Waals surface area (Å²) in [6, 6.07) is 24.8. The number of carbonyl (C=O) groups excluding carboxylic acids is 2. The first-order chi connectivity index (χ1) is 16.5. The molecule has 0 aliphatic rings. The molecule has 0 bridgehead atoms. The number of amides is 2. The molecule has 1 heterocycles. The van der Waals surface area contributed by atoms with Gasteiger partial charge in [-0.05, 0) is 48.4 Å². The number of aromatic amines is 1. The van der Waals surface area contributed by atoms with Gasteiger partial charge in [-0.3, -0.25) is 9.59 Å². The quantitative estimate of drug-likeness (QED) is 0.344. The maximum Gasteiger partial charge on any atom is 0.251 e. The molecule has 0 spiro atoms. The predicted molar refractivity (Wildman–Crippen MR) is 134 cm³/mol. The van der Waals surface area contributed by atoms with Crippen LogP contribution >= 0.6 is 0 Å². The molecule has 2 atom stereocenters. The van der Waals surface area contributed by atoms with Gasteiger partial charge in [0.2, 0.25) is 5.91 Å². The maximum absolute atomic E-state index is 12.8. The zero-order chi connectivity index (χ0) is 23.9. The third-order valence-corrected chi connectivity index (χ3v) is 5.92. The number of nitrogens with one attached hydrogen (secondary N) is 3. The van der Waals surface area contributed by atoms with Crippen LogP contribution in [-0.4, -0.2) is 36.5 Å². The molecule has 0 aliphatic heterocycles. The van der Waals surface area contributed by atoms with Crippen LogP contribution in [-0.2, 0) is 4.79 Å². The van der Waals surface area contributed by atoms with Crippen molar-refractivity contribution in [3.05, 3.63) is 102 Å². The molecule has 0 radical (unpaired) electrons. The lowest BCUT2D eigenvalue weighted by Gasteiger charge is -2.20. The first-order valence-electron chi connectivity index (χ1n) is 11.4. The summed E-state index contributed by atoms with van der Waals surface area (Å²) in [6.07, 6.45) is 2.20. The van der Waals surface area contributed by atoms with Gasteiger partial charge in [-0.15, -0.1) is 0 Å². The maximum atomic E-state index is 12.8. The van der Waals surface area contributed by atoms with Gasteiger partial charge in [-0.2, -0.15) is 0 Å². The third-order valence-electron chi connectivity index (χ3n) is 5.92. The van der Waals surface area contributed by atoms with Crippen molar-refractivity contribution in [2.75, 3.05) is 13.7 Å². The monoisotopic (exact) mass is 455 g/mol. The Balaban J connectivity index is 1.45. The van der Waals surface area contributed by atoms with Gasteiger partial charge in [0.15, 0.2) is 0 Å². The molecule has 0 saturated carbocycles. The Morgan fingerprint density at radius 1 is 0.941 bits per heavy atom. The van der Waals surface area contributed by atoms with Crippen LogP contribution in [0.1, 0.15) is 40.7 Å². The summed E-state index contributed by atoms with van der Waals surface area (Å²) >= 11 is 0. The van der Waals surface area contributed by atoms with Gasteiger partial charge in [0.25, 0.3) is 5.91 Å². The largest absolute Gasteiger partial charge is 0.497 e. The number of aromatic nitrogens is 1. The zero-order valence-corrected chi connectivity index (χ0v) is 19.4. The molecule has 2 amide bonds. The van der Waals surface area contributed by atoms with E-state index < -0.39 is 0 Å². The second-order valence-corrected chi connectivity index (χ2v) is 8.36. The van der Waals surface area contributed by atoms with Crippen LogP contribution in [0.2, 0.25) is 0 Å². The van der Waals surface area contributed by atoms with E-state index in [1.807, 2.05) is 73.8 Å². The van der Waals surface area contributed by atoms with E-state index in [0.29, 0.717) is 12.1 Å². The SMILES string of the molecule is COc1ccc([C@@H](CNC(=O)C[C@@H](C)NC(=O)c2ccccc2)c2c[nH]c3ccccc23)cc1. The predicted octanol–water partition coefficient (Wildman–Crippen LogP) is 4.63. The van der Waals surface area contributed by atoms with E-state index in [1.165, 1.54) is 0 Å². The van der Waals surface area contributed by atoms with Gasteiger partial charge in [0.05, 0.1) is 7.11 Å². The fourth-order valence-corrected chi connectivity index (χ4v) is 4.14. The lowest BCUT2D eigenvalue weighted by Crippen LogP contribution is -2.38. The summed E-state index contributed by atoms with van der Waals surface area (Å²) in [7, 11) is 1.64. The Labute approximate surface area is 199 Å². The average molecular weight is 456 g/mol. The molecule has 0 unspecified atom stereocenters. The van der Waals surface area contributed by atoms with Crippen LogP contribution in [0, 0.1) is 0 Å². The van der Waals surface area contributed by atoms with E-state index in [1.54, 1.807) is 19.2 Å². The molecular weight excluding hydrogens is 426 g/mol. The van der Waals surface area contributed by atoms with Crippen molar-refractivity contribution in [1.29, 1.82) is 0 Å². The van der Waals surface area contributed by atoms with Crippen LogP contribution in [0.5, 0.6) is 5.75 Å². The highest BCUT2D eigenvalue weighted by atomic mass is 16.5. The number of methoxy groups -OCH3 is 1. The Kier molecular flexibility index (Phi) is 7.28. The summed E-state index contributed by atoms with van der Waals surface area (Å²) in [5.41, 5.74) is 3.83. The number of para-hydroxylation sites is 1. The minimum atomic E-state index is -0.291. The smallest absolute Gasteiger partial charge is 0.251 e. The number of hydrogen-bond donors (Lipinski definition) is 3. The third kappa shape index (κ3) is 5.46. The Morgan fingerprint density at radius 2 is 1.65 bits per heavy atom. The summed E-state index contributed by atoms with van der Waals surface area (Å²) in [5.74, 6) is 0.448. The van der Waals surface area contributed by atoms with Gasteiger partial charge in [0.1, 0.15) is 5.75 Å². The summed E-state index contributed by atoms with van der Waals surface area (Å²) < 4.78 is 5.31. The number of rotatable bonds is 9. The van der Waals surface area contributed by atoms with Crippen LogP contribution in [0.25, 0.3) is 10.9 Å². The van der Waals surface area contributed by atoms with Gasteiger partial charge in [-0.1, -0.05) is 48.5 Å². The van der Waals surface area contributed by atoms with Crippen molar-refractivity contribution in [2.45, 2.75) is 25.3 Å². The summed E-state index contributed by atoms with van der Waals surface area (Å²) in [4.78, 5) is 28.4. The first-order valence-corrected chi connectivity index (χ1v) is 11.4. The molecule has 6 nitrogen and oxygen atoms in total. The van der Waals surface area contributed by atoms with Crippen molar-refractivity contribution in [3.63, 3.8) is 0 Å². The standard InChI is InChI=1S/C28H29N3O3/c1-19(31-28(33)21-8-4-3-5-9-21)16-27(32)30-17-24(20-12-14-22(34-2)15-13-20)25-18-29-26-11-7-6-10-23(25)26/h3-15,18-19,24,29H,16-17H2,1-2H3,(H,30,32)(H,31,33)/t19-,24-/m1/s1. The lowest BCUT2D eigenvalue weighted by molar-refractivity contribution is -0.121. The molecule has 0 fully saturated rings. The van der Waals surface area contributed by atoms with E-state index in [0.717, 1.165) is 27.8 Å². The molecule has 1 aromatic heterocycles. The van der Waals surface area contributed by atoms with Gasteiger partial charge >= 0.3 is 0 Å². The van der Waals surface area contributed by atoms with Gasteiger partial charge < -0.3 is 20.4 Å². The molecule has 6 heteroatoms. The highest BCUT2D eigenvalue weighted by molar-refractivity contribution is 5.94. The van der Waals surface area contributed by atoms with E-state index >= 15 is 0 Å². The number of H-pyrrole nitrogens is 1. The second-order valence-electron chi connectivity index (χ2n) is 8.36. The zero-order valence-electron chi connectivity index (χ0n) is 19.4. The number of ether oxygens (including phenoxy) is 1. The van der Waals surface area contributed by atoms with Gasteiger partial charge in [0, 0.05) is 47.6 Å². The molecule has 3 aromatic carbocycles. The van der Waals surface area contributed by atoms with Crippen molar-refractivity contribution in [1.82, 2.24) is 15.6 Å². The van der Waals surface area contributed by atoms with Crippen molar-refractivity contribution in [3.8, 4) is 5.75 Å². The first kappa shape index (κ1) is 23.1.